The quantitative estimate of drug-likeness (QED) is 0.665. The van der Waals surface area contributed by atoms with Gasteiger partial charge in [-0.15, -0.1) is 0 Å². The van der Waals surface area contributed by atoms with Crippen LogP contribution >= 0.6 is 0 Å². The van der Waals surface area contributed by atoms with Crippen LogP contribution in [0.5, 0.6) is 5.75 Å². The molecule has 1 aliphatic heterocycles. The summed E-state index contributed by atoms with van der Waals surface area (Å²) in [5.74, 6) is -0.486. The third kappa shape index (κ3) is 4.64. The van der Waals surface area contributed by atoms with E-state index < -0.39 is 11.7 Å². The second kappa shape index (κ2) is 9.64. The second-order valence-corrected chi connectivity index (χ2v) is 7.81. The van der Waals surface area contributed by atoms with E-state index in [-0.39, 0.29) is 23.9 Å². The lowest BCUT2D eigenvalue weighted by Gasteiger charge is -2.24. The Morgan fingerprint density at radius 3 is 2.59 bits per heavy atom. The number of amides is 2. The van der Waals surface area contributed by atoms with E-state index in [9.17, 15) is 14.0 Å². The summed E-state index contributed by atoms with van der Waals surface area (Å²) >= 11 is 0. The Balaban J connectivity index is 1.61. The van der Waals surface area contributed by atoms with Crippen LogP contribution < -0.4 is 10.1 Å². The van der Waals surface area contributed by atoms with Crippen LogP contribution in [0, 0.1) is 11.7 Å². The fourth-order valence-corrected chi connectivity index (χ4v) is 4.14. The molecule has 2 amide bonds. The Morgan fingerprint density at radius 2 is 1.81 bits per heavy atom. The summed E-state index contributed by atoms with van der Waals surface area (Å²) < 4.78 is 19.2. The molecule has 0 radical (unpaired) electrons. The molecule has 1 heterocycles. The van der Waals surface area contributed by atoms with Gasteiger partial charge in [0.25, 0.3) is 5.91 Å². The van der Waals surface area contributed by atoms with Gasteiger partial charge in [0.1, 0.15) is 11.6 Å². The first kappa shape index (κ1) is 21.6. The molecule has 164 valence electrons. The van der Waals surface area contributed by atoms with E-state index in [0.717, 1.165) is 22.4 Å². The summed E-state index contributed by atoms with van der Waals surface area (Å²) in [6.45, 7) is 1.01. The number of carbonyl (C=O) groups excluding carboxylic acids is 2. The predicted molar refractivity (Wildman–Crippen MR) is 121 cm³/mol. The van der Waals surface area contributed by atoms with Crippen molar-refractivity contribution in [2.24, 2.45) is 5.92 Å². The Kier molecular flexibility index (Phi) is 6.50. The van der Waals surface area contributed by atoms with Crippen LogP contribution in [0.15, 0.2) is 72.8 Å². The van der Waals surface area contributed by atoms with E-state index in [1.165, 1.54) is 18.2 Å². The smallest absolute Gasteiger partial charge is 0.254 e. The normalized spacial score (nSPS) is 16.2. The molecule has 0 unspecified atom stereocenters. The standard InChI is InChI=1S/C26H25FN2O3/c1-32-24-12-5-4-11-23(24)22-10-3-2-7-18(22)15-20-17-29(14-13-28-25(20)30)26(31)19-8-6-9-21(27)16-19/h2-12,16,20H,13-15,17H2,1H3,(H,28,30)/t20-/m1/s1. The number of halogens is 1. The summed E-state index contributed by atoms with van der Waals surface area (Å²) in [6.07, 6.45) is 0.465. The number of benzene rings is 3. The molecule has 6 heteroatoms. The van der Waals surface area contributed by atoms with E-state index in [4.69, 9.17) is 4.74 Å². The summed E-state index contributed by atoms with van der Waals surface area (Å²) in [6, 6.07) is 21.3. The third-order valence-corrected chi connectivity index (χ3v) is 5.73. The maximum atomic E-state index is 13.6. The lowest BCUT2D eigenvalue weighted by molar-refractivity contribution is -0.124. The average Bonchev–Trinajstić information content (AvgIpc) is 3.00. The number of nitrogens with zero attached hydrogens (tertiary/aromatic N) is 1. The minimum absolute atomic E-state index is 0.0885. The Morgan fingerprint density at radius 1 is 1.06 bits per heavy atom. The molecule has 1 N–H and O–H groups in total. The largest absolute Gasteiger partial charge is 0.496 e. The highest BCUT2D eigenvalue weighted by Gasteiger charge is 2.29. The molecular formula is C26H25FN2O3. The first-order valence-corrected chi connectivity index (χ1v) is 10.6. The van der Waals surface area contributed by atoms with Crippen LogP contribution in [-0.4, -0.2) is 43.5 Å². The zero-order valence-corrected chi connectivity index (χ0v) is 17.9. The summed E-state index contributed by atoms with van der Waals surface area (Å²) in [5.41, 5.74) is 3.22. The Labute approximate surface area is 186 Å². The van der Waals surface area contributed by atoms with Crippen molar-refractivity contribution in [1.82, 2.24) is 10.2 Å². The first-order chi connectivity index (χ1) is 15.6. The molecule has 5 nitrogen and oxygen atoms in total. The zero-order chi connectivity index (χ0) is 22.5. The van der Waals surface area contributed by atoms with Gasteiger partial charge in [-0.05, 0) is 41.8 Å². The van der Waals surface area contributed by atoms with Crippen molar-refractivity contribution in [2.45, 2.75) is 6.42 Å². The fraction of sp³-hybridized carbons (Fsp3) is 0.231. The molecule has 0 bridgehead atoms. The molecule has 0 spiro atoms. The van der Waals surface area contributed by atoms with Gasteiger partial charge in [0.05, 0.1) is 13.0 Å². The summed E-state index contributed by atoms with van der Waals surface area (Å²) in [4.78, 5) is 27.4. The van der Waals surface area contributed by atoms with Crippen LogP contribution in [0.4, 0.5) is 4.39 Å². The highest BCUT2D eigenvalue weighted by molar-refractivity contribution is 5.95. The molecule has 1 fully saturated rings. The van der Waals surface area contributed by atoms with Crippen LogP contribution in [0.25, 0.3) is 11.1 Å². The minimum atomic E-state index is -0.456. The maximum Gasteiger partial charge on any atom is 0.254 e. The Bertz CT molecular complexity index is 1130. The van der Waals surface area contributed by atoms with Gasteiger partial charge in [-0.1, -0.05) is 48.5 Å². The fourth-order valence-electron chi connectivity index (χ4n) is 4.14. The van der Waals surface area contributed by atoms with Crippen molar-refractivity contribution >= 4 is 11.8 Å². The van der Waals surface area contributed by atoms with Gasteiger partial charge in [0.15, 0.2) is 0 Å². The lowest BCUT2D eigenvalue weighted by atomic mass is 9.91. The predicted octanol–water partition coefficient (Wildman–Crippen LogP) is 3.93. The van der Waals surface area contributed by atoms with Crippen LogP contribution in [0.2, 0.25) is 0 Å². The molecule has 1 aliphatic rings. The van der Waals surface area contributed by atoms with Crippen LogP contribution in [0.3, 0.4) is 0 Å². The topological polar surface area (TPSA) is 58.6 Å². The highest BCUT2D eigenvalue weighted by atomic mass is 19.1. The van der Waals surface area contributed by atoms with Crippen LogP contribution in [-0.2, 0) is 11.2 Å². The molecular weight excluding hydrogens is 407 g/mol. The van der Waals surface area contributed by atoms with Gasteiger partial charge in [-0.25, -0.2) is 4.39 Å². The van der Waals surface area contributed by atoms with Gasteiger partial charge in [-0.2, -0.15) is 0 Å². The molecule has 1 atom stereocenters. The zero-order valence-electron chi connectivity index (χ0n) is 17.9. The molecule has 4 rings (SSSR count). The molecule has 3 aromatic rings. The van der Waals surface area contributed by atoms with Crippen molar-refractivity contribution < 1.29 is 18.7 Å². The number of nitrogens with one attached hydrogen (secondary N) is 1. The molecule has 32 heavy (non-hydrogen) atoms. The number of carbonyl (C=O) groups is 2. The van der Waals surface area contributed by atoms with E-state index in [0.29, 0.717) is 19.5 Å². The van der Waals surface area contributed by atoms with Gasteiger partial charge < -0.3 is 15.0 Å². The number of ether oxygens (including phenoxy) is 1. The maximum absolute atomic E-state index is 13.6. The van der Waals surface area contributed by atoms with Gasteiger partial charge in [0, 0.05) is 30.8 Å². The van der Waals surface area contributed by atoms with Gasteiger partial charge in [-0.3, -0.25) is 9.59 Å². The van der Waals surface area contributed by atoms with E-state index in [1.807, 2.05) is 48.5 Å². The van der Waals surface area contributed by atoms with Crippen molar-refractivity contribution in [3.63, 3.8) is 0 Å². The monoisotopic (exact) mass is 432 g/mol. The Hall–Kier alpha value is -3.67. The van der Waals surface area contributed by atoms with Crippen LogP contribution in [0.1, 0.15) is 15.9 Å². The number of hydrogen-bond donors (Lipinski definition) is 1. The van der Waals surface area contributed by atoms with E-state index in [2.05, 4.69) is 5.32 Å². The highest BCUT2D eigenvalue weighted by Crippen LogP contribution is 2.33. The third-order valence-electron chi connectivity index (χ3n) is 5.73. The molecule has 0 aliphatic carbocycles. The van der Waals surface area contributed by atoms with Crippen molar-refractivity contribution in [1.29, 1.82) is 0 Å². The average molecular weight is 432 g/mol. The minimum Gasteiger partial charge on any atom is -0.496 e. The number of methoxy groups -OCH3 is 1. The first-order valence-electron chi connectivity index (χ1n) is 10.6. The van der Waals surface area contributed by atoms with Gasteiger partial charge in [0.2, 0.25) is 5.91 Å². The SMILES string of the molecule is COc1ccccc1-c1ccccc1C[C@@H]1CN(C(=O)c2cccc(F)c2)CCNC1=O. The van der Waals surface area contributed by atoms with E-state index >= 15 is 0 Å². The number of para-hydroxylation sites is 1. The lowest BCUT2D eigenvalue weighted by Crippen LogP contribution is -2.37. The summed E-state index contributed by atoms with van der Waals surface area (Å²) in [5, 5.41) is 2.91. The number of hydrogen-bond acceptors (Lipinski definition) is 3. The molecule has 3 aromatic carbocycles. The van der Waals surface area contributed by atoms with E-state index in [1.54, 1.807) is 18.1 Å². The number of rotatable bonds is 5. The van der Waals surface area contributed by atoms with Crippen molar-refractivity contribution in [3.8, 4) is 16.9 Å². The second-order valence-electron chi connectivity index (χ2n) is 7.81. The summed E-state index contributed by atoms with van der Waals surface area (Å²) in [7, 11) is 1.64. The molecule has 0 aromatic heterocycles. The van der Waals surface area contributed by atoms with Gasteiger partial charge >= 0.3 is 0 Å². The van der Waals surface area contributed by atoms with Crippen molar-refractivity contribution in [2.75, 3.05) is 26.7 Å². The molecule has 1 saturated heterocycles. The van der Waals surface area contributed by atoms with Crippen molar-refractivity contribution in [3.05, 3.63) is 89.7 Å². The molecule has 0 saturated carbocycles.